The maximum Gasteiger partial charge on any atom is 0.343 e. The second-order valence-electron chi connectivity index (χ2n) is 7.59. The molecule has 0 N–H and O–H groups in total. The van der Waals surface area contributed by atoms with E-state index in [1.165, 1.54) is 11.5 Å². The monoisotopic (exact) mass is 332 g/mol. The van der Waals surface area contributed by atoms with Crippen LogP contribution in [-0.4, -0.2) is 29.7 Å². The molecule has 3 unspecified atom stereocenters. The van der Waals surface area contributed by atoms with Crippen LogP contribution in [0.25, 0.3) is 0 Å². The summed E-state index contributed by atoms with van der Waals surface area (Å²) in [6.45, 7) is 12.7. The number of allylic oxidation sites excluding steroid dienone is 1. The van der Waals surface area contributed by atoms with E-state index in [1.807, 2.05) is 12.1 Å². The highest BCUT2D eigenvalue weighted by atomic mass is 35.5. The van der Waals surface area contributed by atoms with E-state index in [1.54, 1.807) is 0 Å². The molecule has 2 aliphatic heterocycles. The van der Waals surface area contributed by atoms with Crippen LogP contribution in [0.2, 0.25) is 5.02 Å². The molecule has 0 bridgehead atoms. The Morgan fingerprint density at radius 1 is 1.48 bits per heavy atom. The highest BCUT2D eigenvalue weighted by Crippen LogP contribution is 2.43. The van der Waals surface area contributed by atoms with Crippen molar-refractivity contribution in [1.29, 1.82) is 0 Å². The zero-order chi connectivity index (χ0) is 16.6. The fraction of sp³-hybridized carbons (Fsp3) is 0.550. The lowest BCUT2D eigenvalue weighted by Crippen LogP contribution is -2.44. The van der Waals surface area contributed by atoms with E-state index < -0.39 is 0 Å². The molecule has 3 rings (SSSR count). The van der Waals surface area contributed by atoms with Gasteiger partial charge in [0.1, 0.15) is 0 Å². The van der Waals surface area contributed by atoms with Crippen LogP contribution >= 0.6 is 11.6 Å². The van der Waals surface area contributed by atoms with Gasteiger partial charge in [0, 0.05) is 16.9 Å². The van der Waals surface area contributed by atoms with E-state index in [4.69, 9.17) is 16.3 Å². The van der Waals surface area contributed by atoms with E-state index in [2.05, 4.69) is 50.1 Å². The Morgan fingerprint density at radius 3 is 2.91 bits per heavy atom. The van der Waals surface area contributed by atoms with Crippen LogP contribution < -0.4 is 0 Å². The number of hydrogen-bond donors (Lipinski definition) is 0. The predicted octanol–water partition coefficient (Wildman–Crippen LogP) is 4.88. The van der Waals surface area contributed by atoms with Crippen LogP contribution in [0.3, 0.4) is 0 Å². The van der Waals surface area contributed by atoms with Crippen molar-refractivity contribution in [3.05, 3.63) is 47.5 Å². The van der Waals surface area contributed by atoms with Crippen LogP contribution in [0.4, 0.5) is 0 Å². The molecule has 0 aromatic heterocycles. The topological polar surface area (TPSA) is 12.2 Å². The molecule has 0 saturated heterocycles. The molecule has 0 fully saturated rings. The molecule has 1 aromatic carbocycles. The molecule has 0 amide bonds. The zero-order valence-corrected chi connectivity index (χ0v) is 15.1. The second-order valence-corrected chi connectivity index (χ2v) is 8.03. The van der Waals surface area contributed by atoms with Crippen molar-refractivity contribution in [3.63, 3.8) is 0 Å². The Balaban J connectivity index is 2.00. The summed E-state index contributed by atoms with van der Waals surface area (Å²) < 4.78 is 8.69. The van der Waals surface area contributed by atoms with E-state index >= 15 is 0 Å². The molecule has 23 heavy (non-hydrogen) atoms. The smallest absolute Gasteiger partial charge is 0.343 e. The molecule has 0 spiro atoms. The normalized spacial score (nSPS) is 30.3. The first-order valence-corrected chi connectivity index (χ1v) is 8.95. The van der Waals surface area contributed by atoms with Crippen LogP contribution in [0, 0.1) is 11.3 Å². The molecule has 0 radical (unpaired) electrons. The highest BCUT2D eigenvalue weighted by Gasteiger charge is 2.52. The van der Waals surface area contributed by atoms with Gasteiger partial charge in [0.05, 0.1) is 5.41 Å². The van der Waals surface area contributed by atoms with Gasteiger partial charge in [-0.1, -0.05) is 43.7 Å². The van der Waals surface area contributed by atoms with Gasteiger partial charge in [-0.15, -0.1) is 6.58 Å². The van der Waals surface area contributed by atoms with E-state index in [-0.39, 0.29) is 5.41 Å². The van der Waals surface area contributed by atoms with Gasteiger partial charge >= 0.3 is 5.90 Å². The lowest BCUT2D eigenvalue weighted by Gasteiger charge is -2.33. The number of hydrogen-bond acceptors (Lipinski definition) is 1. The van der Waals surface area contributed by atoms with E-state index in [0.717, 1.165) is 31.0 Å². The lowest BCUT2D eigenvalue weighted by molar-refractivity contribution is -0.573. The number of ether oxygens (including phenoxy) is 1. The summed E-state index contributed by atoms with van der Waals surface area (Å²) in [6.07, 6.45) is 4.05. The molecule has 0 aliphatic carbocycles. The largest absolute Gasteiger partial charge is 0.441 e. The molecular weight excluding hydrogens is 306 g/mol. The molecule has 0 saturated carbocycles. The third-order valence-corrected chi connectivity index (χ3v) is 5.60. The maximum absolute atomic E-state index is 6.23. The van der Waals surface area contributed by atoms with Crippen LogP contribution in [-0.2, 0) is 4.74 Å². The van der Waals surface area contributed by atoms with Gasteiger partial charge in [-0.05, 0) is 37.5 Å². The van der Waals surface area contributed by atoms with Crippen molar-refractivity contribution >= 4 is 17.5 Å². The van der Waals surface area contributed by atoms with Crippen molar-refractivity contribution < 1.29 is 9.31 Å². The summed E-state index contributed by atoms with van der Waals surface area (Å²) in [6, 6.07) is 8.80. The van der Waals surface area contributed by atoms with Crippen molar-refractivity contribution in [2.24, 2.45) is 11.3 Å². The molecule has 1 aromatic rings. The Kier molecular flexibility index (Phi) is 4.55. The number of benzene rings is 1. The highest BCUT2D eigenvalue weighted by molar-refractivity contribution is 6.30. The Hall–Kier alpha value is -1.28. The number of rotatable bonds is 4. The second kappa shape index (κ2) is 6.32. The third kappa shape index (κ3) is 3.06. The fourth-order valence-electron chi connectivity index (χ4n) is 4.19. The average Bonchev–Trinajstić information content (AvgIpc) is 2.92. The summed E-state index contributed by atoms with van der Waals surface area (Å²) >= 11 is 6.23. The molecule has 3 atom stereocenters. The Morgan fingerprint density at radius 2 is 2.26 bits per heavy atom. The summed E-state index contributed by atoms with van der Waals surface area (Å²) in [7, 11) is 0. The predicted molar refractivity (Wildman–Crippen MR) is 96.4 cm³/mol. The summed E-state index contributed by atoms with van der Waals surface area (Å²) in [5, 5.41) is 0.820. The van der Waals surface area contributed by atoms with Crippen LogP contribution in [0.1, 0.15) is 45.1 Å². The van der Waals surface area contributed by atoms with Gasteiger partial charge in [0.15, 0.2) is 19.2 Å². The van der Waals surface area contributed by atoms with Crippen molar-refractivity contribution in [1.82, 2.24) is 0 Å². The first-order chi connectivity index (χ1) is 10.9. The molecule has 2 nitrogen and oxygen atoms in total. The van der Waals surface area contributed by atoms with E-state index in [0.29, 0.717) is 17.9 Å². The number of nitrogens with zero attached hydrogens (tertiary/aromatic N) is 1. The first-order valence-electron chi connectivity index (χ1n) is 8.58. The van der Waals surface area contributed by atoms with Crippen LogP contribution in [0.5, 0.6) is 0 Å². The maximum atomic E-state index is 6.23. The van der Waals surface area contributed by atoms with Gasteiger partial charge < -0.3 is 4.74 Å². The SMILES string of the molecule is C=CCC1(C)CC(c2cccc(Cl)c2)C[N+]2=C1OCC2C(C)C. The minimum atomic E-state index is 0.0244. The van der Waals surface area contributed by atoms with Crippen molar-refractivity contribution in [2.45, 2.75) is 45.6 Å². The Labute approximate surface area is 144 Å². The first kappa shape index (κ1) is 16.6. The van der Waals surface area contributed by atoms with Crippen LogP contribution in [0.15, 0.2) is 36.9 Å². The average molecular weight is 333 g/mol. The molecule has 3 heteroatoms. The minimum absolute atomic E-state index is 0.0244. The third-order valence-electron chi connectivity index (χ3n) is 5.37. The summed E-state index contributed by atoms with van der Waals surface area (Å²) in [4.78, 5) is 0. The zero-order valence-electron chi connectivity index (χ0n) is 14.4. The van der Waals surface area contributed by atoms with Gasteiger partial charge in [-0.3, -0.25) is 0 Å². The molecular formula is C20H27ClNO+. The van der Waals surface area contributed by atoms with Crippen molar-refractivity contribution in [2.75, 3.05) is 13.2 Å². The Bertz CT molecular complexity index is 636. The van der Waals surface area contributed by atoms with Crippen molar-refractivity contribution in [3.8, 4) is 0 Å². The summed E-state index contributed by atoms with van der Waals surface area (Å²) in [5.74, 6) is 2.23. The standard InChI is InChI=1S/C20H27ClNO/c1-5-9-20(4)11-16(15-7-6-8-17(21)10-15)12-22-18(14(2)3)13-23-19(20)22/h5-8,10,14,16,18H,1,9,11-13H2,2-4H3/q+1. The lowest BCUT2D eigenvalue weighted by atomic mass is 9.73. The molecule has 2 heterocycles. The van der Waals surface area contributed by atoms with Gasteiger partial charge in [0.25, 0.3) is 0 Å². The molecule has 124 valence electrons. The fourth-order valence-corrected chi connectivity index (χ4v) is 4.38. The van der Waals surface area contributed by atoms with Gasteiger partial charge in [-0.2, -0.15) is 4.58 Å². The molecule has 2 aliphatic rings. The summed E-state index contributed by atoms with van der Waals surface area (Å²) in [5.41, 5.74) is 1.36. The quantitative estimate of drug-likeness (QED) is 0.565. The minimum Gasteiger partial charge on any atom is -0.441 e. The van der Waals surface area contributed by atoms with Gasteiger partial charge in [0.2, 0.25) is 0 Å². The van der Waals surface area contributed by atoms with Gasteiger partial charge in [-0.25, -0.2) is 0 Å². The number of halogens is 1. The van der Waals surface area contributed by atoms with E-state index in [9.17, 15) is 0 Å².